The molecular formula is C29H22BrNO4. The standard InChI is InChI=1S/C29H22BrNO4/c1-2-33-27-16-19(10-13-26(27)34-18-20-6-5-9-24(30)14-20)15-25-29(32)35-28(31-25)23-12-11-21-7-3-4-8-22(21)17-23/h3-17H,2,18H2,1H3/b25-15-. The van der Waals surface area contributed by atoms with Crippen molar-refractivity contribution in [2.24, 2.45) is 4.99 Å². The molecule has 174 valence electrons. The Bertz CT molecular complexity index is 1470. The van der Waals surface area contributed by atoms with E-state index in [1.807, 2.05) is 91.9 Å². The fourth-order valence-corrected chi connectivity index (χ4v) is 4.25. The number of fused-ring (bicyclic) bond motifs is 1. The van der Waals surface area contributed by atoms with Crippen molar-refractivity contribution in [3.05, 3.63) is 112 Å². The monoisotopic (exact) mass is 527 g/mol. The number of carbonyl (C=O) groups is 1. The van der Waals surface area contributed by atoms with E-state index in [0.29, 0.717) is 30.6 Å². The van der Waals surface area contributed by atoms with Gasteiger partial charge >= 0.3 is 5.97 Å². The molecule has 1 aliphatic rings. The van der Waals surface area contributed by atoms with Crippen molar-refractivity contribution in [3.8, 4) is 11.5 Å². The summed E-state index contributed by atoms with van der Waals surface area (Å²) >= 11 is 3.48. The Balaban J connectivity index is 1.39. The Hall–Kier alpha value is -3.90. The van der Waals surface area contributed by atoms with Crippen molar-refractivity contribution in [3.63, 3.8) is 0 Å². The largest absolute Gasteiger partial charge is 0.490 e. The highest BCUT2D eigenvalue weighted by molar-refractivity contribution is 9.10. The maximum Gasteiger partial charge on any atom is 0.363 e. The van der Waals surface area contributed by atoms with Crippen LogP contribution in [0, 0.1) is 0 Å². The van der Waals surface area contributed by atoms with E-state index in [2.05, 4.69) is 20.9 Å². The number of hydrogen-bond acceptors (Lipinski definition) is 5. The Morgan fingerprint density at radius 2 is 1.74 bits per heavy atom. The van der Waals surface area contributed by atoms with Crippen LogP contribution in [0.5, 0.6) is 11.5 Å². The summed E-state index contributed by atoms with van der Waals surface area (Å²) in [6.45, 7) is 2.81. The molecule has 6 heteroatoms. The highest BCUT2D eigenvalue weighted by Gasteiger charge is 2.24. The molecule has 0 amide bonds. The molecule has 5 rings (SSSR count). The first kappa shape index (κ1) is 22.9. The van der Waals surface area contributed by atoms with Crippen LogP contribution in [0.2, 0.25) is 0 Å². The second kappa shape index (κ2) is 10.2. The van der Waals surface area contributed by atoms with Crippen LogP contribution in [-0.4, -0.2) is 18.5 Å². The lowest BCUT2D eigenvalue weighted by molar-refractivity contribution is -0.129. The summed E-state index contributed by atoms with van der Waals surface area (Å²) in [5.41, 5.74) is 2.79. The molecule has 0 spiro atoms. The van der Waals surface area contributed by atoms with Crippen LogP contribution < -0.4 is 9.47 Å². The fourth-order valence-electron chi connectivity index (χ4n) is 3.80. The summed E-state index contributed by atoms with van der Waals surface area (Å²) < 4.78 is 18.3. The number of benzene rings is 4. The number of cyclic esters (lactones) is 1. The van der Waals surface area contributed by atoms with E-state index >= 15 is 0 Å². The Labute approximate surface area is 211 Å². The molecule has 0 aromatic heterocycles. The van der Waals surface area contributed by atoms with Gasteiger partial charge in [0, 0.05) is 10.0 Å². The van der Waals surface area contributed by atoms with Gasteiger partial charge in [-0.15, -0.1) is 0 Å². The fraction of sp³-hybridized carbons (Fsp3) is 0.103. The third-order valence-electron chi connectivity index (χ3n) is 5.47. The molecule has 0 saturated carbocycles. The minimum atomic E-state index is -0.485. The Morgan fingerprint density at radius 3 is 2.57 bits per heavy atom. The highest BCUT2D eigenvalue weighted by atomic mass is 79.9. The van der Waals surface area contributed by atoms with E-state index < -0.39 is 5.97 Å². The van der Waals surface area contributed by atoms with Gasteiger partial charge in [0.2, 0.25) is 5.90 Å². The lowest BCUT2D eigenvalue weighted by Crippen LogP contribution is -2.05. The summed E-state index contributed by atoms with van der Waals surface area (Å²) in [6, 6.07) is 27.4. The third kappa shape index (κ3) is 5.28. The van der Waals surface area contributed by atoms with Gasteiger partial charge in [-0.3, -0.25) is 0 Å². The SMILES string of the molecule is CCOc1cc(/C=C2\N=C(c3ccc4ccccc4c3)OC2=O)ccc1OCc1cccc(Br)c1. The van der Waals surface area contributed by atoms with Crippen LogP contribution in [0.3, 0.4) is 0 Å². The topological polar surface area (TPSA) is 57.1 Å². The summed E-state index contributed by atoms with van der Waals surface area (Å²) in [6.07, 6.45) is 1.69. The number of hydrogen-bond donors (Lipinski definition) is 0. The summed E-state index contributed by atoms with van der Waals surface area (Å²) in [5.74, 6) is 1.04. The van der Waals surface area contributed by atoms with Gasteiger partial charge in [0.1, 0.15) is 6.61 Å². The number of aliphatic imine (C=N–C) groups is 1. The van der Waals surface area contributed by atoms with Crippen molar-refractivity contribution in [2.75, 3.05) is 6.61 Å². The van der Waals surface area contributed by atoms with Crippen molar-refractivity contribution < 1.29 is 19.0 Å². The van der Waals surface area contributed by atoms with Crippen LogP contribution in [0.25, 0.3) is 16.8 Å². The minimum Gasteiger partial charge on any atom is -0.490 e. The molecule has 1 heterocycles. The lowest BCUT2D eigenvalue weighted by atomic mass is 10.1. The van der Waals surface area contributed by atoms with E-state index in [4.69, 9.17) is 14.2 Å². The number of carbonyl (C=O) groups excluding carboxylic acids is 1. The van der Waals surface area contributed by atoms with E-state index in [1.54, 1.807) is 6.08 Å². The summed E-state index contributed by atoms with van der Waals surface area (Å²) in [7, 11) is 0. The number of esters is 1. The number of nitrogens with zero attached hydrogens (tertiary/aromatic N) is 1. The molecule has 4 aromatic rings. The third-order valence-corrected chi connectivity index (χ3v) is 5.96. The second-order valence-electron chi connectivity index (χ2n) is 7.96. The quantitative estimate of drug-likeness (QED) is 0.193. The van der Waals surface area contributed by atoms with Crippen LogP contribution in [0.15, 0.2) is 100 Å². The van der Waals surface area contributed by atoms with E-state index in [-0.39, 0.29) is 5.70 Å². The van der Waals surface area contributed by atoms with Gasteiger partial charge in [-0.2, -0.15) is 0 Å². The van der Waals surface area contributed by atoms with E-state index in [9.17, 15) is 4.79 Å². The molecule has 5 nitrogen and oxygen atoms in total. The molecule has 0 fully saturated rings. The van der Waals surface area contributed by atoms with Crippen molar-refractivity contribution in [2.45, 2.75) is 13.5 Å². The molecule has 35 heavy (non-hydrogen) atoms. The minimum absolute atomic E-state index is 0.235. The maximum atomic E-state index is 12.5. The molecule has 4 aromatic carbocycles. The van der Waals surface area contributed by atoms with Gasteiger partial charge < -0.3 is 14.2 Å². The van der Waals surface area contributed by atoms with Gasteiger partial charge in [-0.05, 0) is 71.3 Å². The molecule has 1 aliphatic heterocycles. The van der Waals surface area contributed by atoms with Crippen molar-refractivity contribution in [1.82, 2.24) is 0 Å². The van der Waals surface area contributed by atoms with Crippen molar-refractivity contribution >= 4 is 44.6 Å². The molecule has 0 radical (unpaired) electrons. The summed E-state index contributed by atoms with van der Waals surface area (Å²) in [5, 5.41) is 2.17. The van der Waals surface area contributed by atoms with E-state index in [1.165, 1.54) is 0 Å². The van der Waals surface area contributed by atoms with Gasteiger partial charge in [0.05, 0.1) is 6.61 Å². The van der Waals surface area contributed by atoms with Crippen LogP contribution in [0.4, 0.5) is 0 Å². The molecular weight excluding hydrogens is 506 g/mol. The van der Waals surface area contributed by atoms with E-state index in [0.717, 1.165) is 31.9 Å². The maximum absolute atomic E-state index is 12.5. The Kier molecular flexibility index (Phi) is 6.64. The first-order valence-corrected chi connectivity index (χ1v) is 12.0. The second-order valence-corrected chi connectivity index (χ2v) is 8.87. The number of rotatable bonds is 7. The van der Waals surface area contributed by atoms with Crippen LogP contribution >= 0.6 is 15.9 Å². The molecule has 0 bridgehead atoms. The average molecular weight is 528 g/mol. The summed E-state index contributed by atoms with van der Waals surface area (Å²) in [4.78, 5) is 17.0. The number of halogens is 1. The van der Waals surface area contributed by atoms with Gasteiger partial charge in [0.15, 0.2) is 17.2 Å². The predicted molar refractivity (Wildman–Crippen MR) is 141 cm³/mol. The highest BCUT2D eigenvalue weighted by Crippen LogP contribution is 2.31. The normalized spacial score (nSPS) is 14.2. The van der Waals surface area contributed by atoms with Gasteiger partial charge in [-0.1, -0.05) is 64.5 Å². The van der Waals surface area contributed by atoms with Crippen LogP contribution in [0.1, 0.15) is 23.6 Å². The first-order chi connectivity index (χ1) is 17.1. The molecule has 0 aliphatic carbocycles. The number of ether oxygens (including phenoxy) is 3. The van der Waals surface area contributed by atoms with Gasteiger partial charge in [-0.25, -0.2) is 9.79 Å². The molecule has 0 atom stereocenters. The molecule has 0 N–H and O–H groups in total. The predicted octanol–water partition coefficient (Wildman–Crippen LogP) is 6.92. The first-order valence-electron chi connectivity index (χ1n) is 11.2. The van der Waals surface area contributed by atoms with Gasteiger partial charge in [0.25, 0.3) is 0 Å². The molecule has 0 saturated heterocycles. The zero-order valence-corrected chi connectivity index (χ0v) is 20.6. The zero-order valence-electron chi connectivity index (χ0n) is 19.0. The smallest absolute Gasteiger partial charge is 0.363 e. The average Bonchev–Trinajstić information content (AvgIpc) is 3.23. The molecule has 0 unspecified atom stereocenters. The Morgan fingerprint density at radius 1 is 0.886 bits per heavy atom. The van der Waals surface area contributed by atoms with Crippen LogP contribution in [-0.2, 0) is 16.1 Å². The van der Waals surface area contributed by atoms with Crippen molar-refractivity contribution in [1.29, 1.82) is 0 Å². The zero-order chi connectivity index (χ0) is 24.2. The lowest BCUT2D eigenvalue weighted by Gasteiger charge is -2.13.